The molecular weight excluding hydrogens is 370 g/mol. The van der Waals surface area contributed by atoms with Crippen LogP contribution in [0.3, 0.4) is 0 Å². The van der Waals surface area contributed by atoms with Crippen molar-refractivity contribution in [2.75, 3.05) is 11.9 Å². The van der Waals surface area contributed by atoms with Crippen LogP contribution in [0.15, 0.2) is 43.0 Å². The van der Waals surface area contributed by atoms with Crippen LogP contribution in [0, 0.1) is 23.7 Å². The van der Waals surface area contributed by atoms with E-state index < -0.39 is 5.41 Å². The maximum Gasteiger partial charge on any atom is 0.264 e. The van der Waals surface area contributed by atoms with Crippen molar-refractivity contribution in [1.29, 1.82) is 5.26 Å². The summed E-state index contributed by atoms with van der Waals surface area (Å²) in [5.41, 5.74) is 1.84. The van der Waals surface area contributed by atoms with Gasteiger partial charge in [-0.2, -0.15) is 5.26 Å². The third kappa shape index (κ3) is 5.30. The van der Waals surface area contributed by atoms with Crippen molar-refractivity contribution < 1.29 is 9.59 Å². The molecule has 1 aromatic heterocycles. The smallest absolute Gasteiger partial charge is 0.264 e. The molecular formula is C22H25N3O2S. The number of hydrogen-bond donors (Lipinski definition) is 1. The van der Waals surface area contributed by atoms with Gasteiger partial charge in [0.1, 0.15) is 0 Å². The molecule has 6 heteroatoms. The van der Waals surface area contributed by atoms with Gasteiger partial charge in [0.15, 0.2) is 0 Å². The lowest BCUT2D eigenvalue weighted by Crippen LogP contribution is -2.30. The summed E-state index contributed by atoms with van der Waals surface area (Å²) < 4.78 is 0. The Balaban J connectivity index is 2.21. The zero-order valence-corrected chi connectivity index (χ0v) is 17.5. The van der Waals surface area contributed by atoms with E-state index in [1.54, 1.807) is 23.1 Å². The second kappa shape index (κ2) is 8.85. The van der Waals surface area contributed by atoms with E-state index in [4.69, 9.17) is 5.26 Å². The molecule has 5 nitrogen and oxygen atoms in total. The summed E-state index contributed by atoms with van der Waals surface area (Å²) in [5.74, 6) is -0.198. The van der Waals surface area contributed by atoms with E-state index in [1.165, 1.54) is 11.3 Å². The number of carbonyl (C=O) groups is 2. The van der Waals surface area contributed by atoms with Gasteiger partial charge in [0.25, 0.3) is 5.91 Å². The summed E-state index contributed by atoms with van der Waals surface area (Å²) in [6.07, 6.45) is 1.69. The van der Waals surface area contributed by atoms with E-state index in [0.717, 1.165) is 11.1 Å². The SMILES string of the molecule is C=CCN(Cc1ccc(C#N)cc1)C(=O)c1sc(NC(=O)C(C)(C)C)cc1C. The largest absolute Gasteiger partial charge is 0.330 e. The molecule has 2 amide bonds. The molecule has 0 fully saturated rings. The highest BCUT2D eigenvalue weighted by atomic mass is 32.1. The van der Waals surface area contributed by atoms with Gasteiger partial charge in [-0.05, 0) is 36.2 Å². The second-order valence-corrected chi connectivity index (χ2v) is 8.66. The molecule has 0 atom stereocenters. The van der Waals surface area contributed by atoms with Gasteiger partial charge in [-0.15, -0.1) is 17.9 Å². The normalized spacial score (nSPS) is 10.8. The van der Waals surface area contributed by atoms with E-state index in [1.807, 2.05) is 45.9 Å². The summed E-state index contributed by atoms with van der Waals surface area (Å²) in [6.45, 7) is 12.0. The van der Waals surface area contributed by atoms with Crippen molar-refractivity contribution in [3.8, 4) is 6.07 Å². The van der Waals surface area contributed by atoms with E-state index in [2.05, 4.69) is 18.0 Å². The van der Waals surface area contributed by atoms with Crippen molar-refractivity contribution in [1.82, 2.24) is 4.90 Å². The predicted octanol–water partition coefficient (Wildman–Crippen LogP) is 4.74. The monoisotopic (exact) mass is 395 g/mol. The van der Waals surface area contributed by atoms with Crippen LogP contribution in [0.5, 0.6) is 0 Å². The molecule has 0 radical (unpaired) electrons. The number of benzene rings is 1. The number of nitriles is 1. The quantitative estimate of drug-likeness (QED) is 0.718. The van der Waals surface area contributed by atoms with Crippen molar-refractivity contribution in [3.63, 3.8) is 0 Å². The first-order valence-corrected chi connectivity index (χ1v) is 9.78. The molecule has 0 aliphatic heterocycles. The number of thiophene rings is 1. The maximum atomic E-state index is 13.1. The molecule has 0 aliphatic carbocycles. The Morgan fingerprint density at radius 1 is 1.29 bits per heavy atom. The Hall–Kier alpha value is -2.91. The highest BCUT2D eigenvalue weighted by molar-refractivity contribution is 7.18. The Morgan fingerprint density at radius 2 is 1.93 bits per heavy atom. The third-order valence-electron chi connectivity index (χ3n) is 4.12. The molecule has 0 unspecified atom stereocenters. The van der Waals surface area contributed by atoms with Crippen LogP contribution in [0.2, 0.25) is 0 Å². The molecule has 28 heavy (non-hydrogen) atoms. The van der Waals surface area contributed by atoms with Crippen LogP contribution < -0.4 is 5.32 Å². The zero-order chi connectivity index (χ0) is 20.9. The van der Waals surface area contributed by atoms with Gasteiger partial charge in [-0.3, -0.25) is 9.59 Å². The van der Waals surface area contributed by atoms with Crippen LogP contribution >= 0.6 is 11.3 Å². The first kappa shape index (κ1) is 21.4. The highest BCUT2D eigenvalue weighted by Gasteiger charge is 2.24. The van der Waals surface area contributed by atoms with Gasteiger partial charge in [0.05, 0.1) is 21.5 Å². The zero-order valence-electron chi connectivity index (χ0n) is 16.7. The van der Waals surface area contributed by atoms with Gasteiger partial charge < -0.3 is 10.2 Å². The molecule has 0 saturated heterocycles. The average molecular weight is 396 g/mol. The summed E-state index contributed by atoms with van der Waals surface area (Å²) in [5, 5.41) is 12.5. The van der Waals surface area contributed by atoms with Gasteiger partial charge in [-0.1, -0.05) is 39.0 Å². The topological polar surface area (TPSA) is 73.2 Å². The molecule has 0 bridgehead atoms. The average Bonchev–Trinajstić information content (AvgIpc) is 3.00. The molecule has 1 N–H and O–H groups in total. The summed E-state index contributed by atoms with van der Waals surface area (Å²) in [4.78, 5) is 27.6. The maximum absolute atomic E-state index is 13.1. The molecule has 0 aliphatic rings. The predicted molar refractivity (Wildman–Crippen MR) is 113 cm³/mol. The lowest BCUT2D eigenvalue weighted by Gasteiger charge is -2.21. The lowest BCUT2D eigenvalue weighted by molar-refractivity contribution is -0.123. The van der Waals surface area contributed by atoms with Crippen LogP contribution in [0.4, 0.5) is 5.00 Å². The lowest BCUT2D eigenvalue weighted by atomic mass is 9.96. The summed E-state index contributed by atoms with van der Waals surface area (Å²) in [7, 11) is 0. The molecule has 0 saturated carbocycles. The van der Waals surface area contributed by atoms with Gasteiger partial charge >= 0.3 is 0 Å². The van der Waals surface area contributed by atoms with Crippen molar-refractivity contribution >= 4 is 28.2 Å². The number of nitrogens with one attached hydrogen (secondary N) is 1. The molecule has 2 aromatic rings. The van der Waals surface area contributed by atoms with Crippen LogP contribution in [-0.2, 0) is 11.3 Å². The summed E-state index contributed by atoms with van der Waals surface area (Å²) in [6, 6.07) is 11.1. The number of nitrogens with zero attached hydrogens (tertiary/aromatic N) is 2. The van der Waals surface area contributed by atoms with Crippen molar-refractivity contribution in [3.05, 3.63) is 64.6 Å². The number of carbonyl (C=O) groups excluding carboxylic acids is 2. The van der Waals surface area contributed by atoms with Gasteiger partial charge in [0.2, 0.25) is 5.91 Å². The van der Waals surface area contributed by atoms with Crippen molar-refractivity contribution in [2.24, 2.45) is 5.41 Å². The fourth-order valence-corrected chi connectivity index (χ4v) is 3.51. The number of aryl methyl sites for hydroxylation is 1. The fourth-order valence-electron chi connectivity index (χ4n) is 2.48. The molecule has 1 heterocycles. The first-order chi connectivity index (χ1) is 13.2. The molecule has 0 spiro atoms. The molecule has 2 rings (SSSR count). The number of rotatable bonds is 6. The third-order valence-corrected chi connectivity index (χ3v) is 5.26. The van der Waals surface area contributed by atoms with E-state index >= 15 is 0 Å². The van der Waals surface area contributed by atoms with Crippen LogP contribution in [0.25, 0.3) is 0 Å². The Labute approximate surface area is 170 Å². The van der Waals surface area contributed by atoms with E-state index in [-0.39, 0.29) is 11.8 Å². The van der Waals surface area contributed by atoms with Crippen molar-refractivity contribution in [2.45, 2.75) is 34.2 Å². The van der Waals surface area contributed by atoms with E-state index in [9.17, 15) is 9.59 Å². The first-order valence-electron chi connectivity index (χ1n) is 8.96. The van der Waals surface area contributed by atoms with Gasteiger partial charge in [0, 0.05) is 18.5 Å². The fraction of sp³-hybridized carbons (Fsp3) is 0.318. The minimum atomic E-state index is -0.507. The second-order valence-electron chi connectivity index (χ2n) is 7.61. The minimum Gasteiger partial charge on any atom is -0.330 e. The standard InChI is InChI=1S/C22H25N3O2S/c1-6-11-25(14-17-9-7-16(13-23)8-10-17)20(26)19-15(2)12-18(28-19)24-21(27)22(3,4)5/h6-10,12H,1,11,14H2,2-5H3,(H,24,27). The highest BCUT2D eigenvalue weighted by Crippen LogP contribution is 2.30. The van der Waals surface area contributed by atoms with Gasteiger partial charge in [-0.25, -0.2) is 0 Å². The Bertz CT molecular complexity index is 915. The van der Waals surface area contributed by atoms with Crippen LogP contribution in [0.1, 0.15) is 47.1 Å². The van der Waals surface area contributed by atoms with Crippen LogP contribution in [-0.4, -0.2) is 23.3 Å². The number of hydrogen-bond acceptors (Lipinski definition) is 4. The summed E-state index contributed by atoms with van der Waals surface area (Å²) >= 11 is 1.28. The number of anilines is 1. The molecule has 1 aromatic carbocycles. The number of amides is 2. The Kier molecular flexibility index (Phi) is 6.76. The van der Waals surface area contributed by atoms with E-state index in [0.29, 0.717) is 28.5 Å². The Morgan fingerprint density at radius 3 is 2.46 bits per heavy atom. The molecule has 146 valence electrons. The minimum absolute atomic E-state index is 0.0896.